The Morgan fingerprint density at radius 2 is 2.03 bits per heavy atom. The molecule has 0 bridgehead atoms. The number of benzene rings is 1. The number of anilines is 1. The van der Waals surface area contributed by atoms with Gasteiger partial charge in [0.25, 0.3) is 0 Å². The standard InChI is InChI=1S/C24H26FN3O/c1-5-17-13-24(10-11-24)20(22(17)14(2)25)12-21(29)26-19-8-6-18(7-9-19)23-15(3)27-28-16(23)4/h5-9,20H,1-2,10-13H2,3-4H3,(H,26,29)(H,27,28). The van der Waals surface area contributed by atoms with E-state index in [0.29, 0.717) is 5.57 Å². The van der Waals surface area contributed by atoms with Gasteiger partial charge in [-0.3, -0.25) is 9.89 Å². The Kier molecular flexibility index (Phi) is 4.77. The van der Waals surface area contributed by atoms with Crippen LogP contribution in [0.5, 0.6) is 0 Å². The highest BCUT2D eigenvalue weighted by molar-refractivity contribution is 5.91. The third-order valence-corrected chi connectivity index (χ3v) is 6.38. The second kappa shape index (κ2) is 7.14. The maximum atomic E-state index is 14.1. The largest absolute Gasteiger partial charge is 0.326 e. The highest BCUT2D eigenvalue weighted by atomic mass is 19.1. The normalized spacial score (nSPS) is 19.5. The molecule has 150 valence electrons. The zero-order valence-corrected chi connectivity index (χ0v) is 16.9. The molecule has 1 heterocycles. The summed E-state index contributed by atoms with van der Waals surface area (Å²) in [7, 11) is 0. The van der Waals surface area contributed by atoms with Gasteiger partial charge in [0.1, 0.15) is 5.83 Å². The van der Waals surface area contributed by atoms with Gasteiger partial charge in [0.05, 0.1) is 5.69 Å². The fourth-order valence-electron chi connectivity index (χ4n) is 4.77. The summed E-state index contributed by atoms with van der Waals surface area (Å²) < 4.78 is 14.1. The summed E-state index contributed by atoms with van der Waals surface area (Å²) in [5.74, 6) is -0.658. The number of amides is 1. The van der Waals surface area contributed by atoms with Crippen LogP contribution in [0.15, 0.2) is 60.5 Å². The Morgan fingerprint density at radius 1 is 1.34 bits per heavy atom. The molecule has 1 fully saturated rings. The molecule has 1 unspecified atom stereocenters. The summed E-state index contributed by atoms with van der Waals surface area (Å²) in [6.45, 7) is 11.3. The number of H-pyrrole nitrogens is 1. The van der Waals surface area contributed by atoms with Crippen LogP contribution >= 0.6 is 0 Å². The van der Waals surface area contributed by atoms with Crippen molar-refractivity contribution in [2.24, 2.45) is 11.3 Å². The molecule has 5 heteroatoms. The second-order valence-corrected chi connectivity index (χ2v) is 8.28. The average Bonchev–Trinajstić information content (AvgIpc) is 3.29. The third kappa shape index (κ3) is 3.46. The van der Waals surface area contributed by atoms with Crippen molar-refractivity contribution in [2.45, 2.75) is 39.5 Å². The molecule has 2 N–H and O–H groups in total. The molecule has 2 aliphatic carbocycles. The summed E-state index contributed by atoms with van der Waals surface area (Å²) in [6.07, 6.45) is 4.83. The van der Waals surface area contributed by atoms with E-state index in [1.54, 1.807) is 6.08 Å². The van der Waals surface area contributed by atoms with Crippen molar-refractivity contribution in [1.29, 1.82) is 0 Å². The number of carbonyl (C=O) groups is 1. The van der Waals surface area contributed by atoms with Crippen LogP contribution in [0.25, 0.3) is 11.1 Å². The van der Waals surface area contributed by atoms with Gasteiger partial charge in [-0.1, -0.05) is 31.4 Å². The molecule has 4 rings (SSSR count). The maximum Gasteiger partial charge on any atom is 0.225 e. The van der Waals surface area contributed by atoms with Crippen LogP contribution in [0, 0.1) is 25.2 Å². The van der Waals surface area contributed by atoms with Crippen molar-refractivity contribution in [1.82, 2.24) is 10.2 Å². The Hall–Kier alpha value is -2.95. The summed E-state index contributed by atoms with van der Waals surface area (Å²) in [5, 5.41) is 10.2. The second-order valence-electron chi connectivity index (χ2n) is 8.28. The molecule has 1 amide bonds. The molecule has 0 radical (unpaired) electrons. The number of aromatic nitrogens is 2. The van der Waals surface area contributed by atoms with E-state index in [9.17, 15) is 9.18 Å². The Bertz CT molecular complexity index is 1010. The predicted molar refractivity (Wildman–Crippen MR) is 114 cm³/mol. The van der Waals surface area contributed by atoms with Crippen LogP contribution in [0.2, 0.25) is 0 Å². The Balaban J connectivity index is 1.48. The van der Waals surface area contributed by atoms with E-state index in [4.69, 9.17) is 0 Å². The van der Waals surface area contributed by atoms with E-state index in [0.717, 1.165) is 53.0 Å². The zero-order chi connectivity index (χ0) is 20.8. The van der Waals surface area contributed by atoms with Crippen molar-refractivity contribution in [3.63, 3.8) is 0 Å². The SMILES string of the molecule is C=CC1=C(C(=C)F)C(CC(=O)Nc2ccc(-c3c(C)n[nH]c3C)cc2)C2(CC2)C1. The van der Waals surface area contributed by atoms with Crippen LogP contribution < -0.4 is 5.32 Å². The smallest absolute Gasteiger partial charge is 0.225 e. The minimum Gasteiger partial charge on any atom is -0.326 e. The monoisotopic (exact) mass is 391 g/mol. The third-order valence-electron chi connectivity index (χ3n) is 6.38. The number of aryl methyl sites for hydroxylation is 2. The summed E-state index contributed by atoms with van der Waals surface area (Å²) in [5.41, 5.74) is 6.33. The zero-order valence-electron chi connectivity index (χ0n) is 16.9. The van der Waals surface area contributed by atoms with Crippen LogP contribution in [0.4, 0.5) is 10.1 Å². The van der Waals surface area contributed by atoms with E-state index in [-0.39, 0.29) is 23.7 Å². The van der Waals surface area contributed by atoms with Crippen LogP contribution in [-0.4, -0.2) is 16.1 Å². The van der Waals surface area contributed by atoms with Crippen molar-refractivity contribution < 1.29 is 9.18 Å². The van der Waals surface area contributed by atoms with Crippen molar-refractivity contribution in [3.05, 3.63) is 71.9 Å². The van der Waals surface area contributed by atoms with Gasteiger partial charge in [-0.05, 0) is 67.4 Å². The minimum atomic E-state index is -0.434. The molecule has 1 atom stereocenters. The lowest BCUT2D eigenvalue weighted by Gasteiger charge is -2.21. The van der Waals surface area contributed by atoms with Gasteiger partial charge in [0.2, 0.25) is 5.91 Å². The Labute approximate surface area is 170 Å². The fraction of sp³-hybridized carbons (Fsp3) is 0.333. The van der Waals surface area contributed by atoms with E-state index in [2.05, 4.69) is 28.7 Å². The van der Waals surface area contributed by atoms with Gasteiger partial charge in [-0.15, -0.1) is 0 Å². The minimum absolute atomic E-state index is 0.0193. The molecular formula is C24H26FN3O. The fourth-order valence-corrected chi connectivity index (χ4v) is 4.77. The van der Waals surface area contributed by atoms with Gasteiger partial charge >= 0.3 is 0 Å². The van der Waals surface area contributed by atoms with E-state index in [1.807, 2.05) is 38.1 Å². The molecule has 1 aromatic carbocycles. The quantitative estimate of drug-likeness (QED) is 0.655. The van der Waals surface area contributed by atoms with Gasteiger partial charge in [-0.25, -0.2) is 4.39 Å². The molecule has 0 aliphatic heterocycles. The van der Waals surface area contributed by atoms with Gasteiger partial charge < -0.3 is 5.32 Å². The lowest BCUT2D eigenvalue weighted by molar-refractivity contribution is -0.117. The molecule has 1 aromatic heterocycles. The van der Waals surface area contributed by atoms with Crippen molar-refractivity contribution >= 4 is 11.6 Å². The number of nitrogens with zero attached hydrogens (tertiary/aromatic N) is 1. The number of carbonyl (C=O) groups excluding carboxylic acids is 1. The van der Waals surface area contributed by atoms with Crippen molar-refractivity contribution in [2.75, 3.05) is 5.32 Å². The first-order chi connectivity index (χ1) is 13.8. The topological polar surface area (TPSA) is 57.8 Å². The highest BCUT2D eigenvalue weighted by Gasteiger charge is 2.55. The lowest BCUT2D eigenvalue weighted by Crippen LogP contribution is -2.22. The van der Waals surface area contributed by atoms with Crippen LogP contribution in [-0.2, 0) is 4.79 Å². The Morgan fingerprint density at radius 3 is 2.55 bits per heavy atom. The summed E-state index contributed by atoms with van der Waals surface area (Å²) in [6, 6.07) is 7.73. The first-order valence-corrected chi connectivity index (χ1v) is 9.97. The van der Waals surface area contributed by atoms with Gasteiger partial charge in [0.15, 0.2) is 0 Å². The molecular weight excluding hydrogens is 365 g/mol. The summed E-state index contributed by atoms with van der Waals surface area (Å²) in [4.78, 5) is 12.7. The van der Waals surface area contributed by atoms with Crippen LogP contribution in [0.3, 0.4) is 0 Å². The van der Waals surface area contributed by atoms with E-state index in [1.165, 1.54) is 0 Å². The average molecular weight is 391 g/mol. The maximum absolute atomic E-state index is 14.1. The number of rotatable bonds is 6. The van der Waals surface area contributed by atoms with E-state index >= 15 is 0 Å². The number of allylic oxidation sites excluding steroid dienone is 4. The summed E-state index contributed by atoms with van der Waals surface area (Å²) >= 11 is 0. The highest BCUT2D eigenvalue weighted by Crippen LogP contribution is 2.65. The number of nitrogens with one attached hydrogen (secondary N) is 2. The van der Waals surface area contributed by atoms with Crippen molar-refractivity contribution in [3.8, 4) is 11.1 Å². The first kappa shape index (κ1) is 19.4. The number of aromatic amines is 1. The van der Waals surface area contributed by atoms with Crippen LogP contribution in [0.1, 0.15) is 37.1 Å². The molecule has 0 saturated heterocycles. The lowest BCUT2D eigenvalue weighted by atomic mass is 9.84. The molecule has 2 aliphatic rings. The molecule has 2 aromatic rings. The molecule has 1 spiro atoms. The molecule has 29 heavy (non-hydrogen) atoms. The number of hydrogen-bond acceptors (Lipinski definition) is 2. The predicted octanol–water partition coefficient (Wildman–Crippen LogP) is 5.79. The number of hydrogen-bond donors (Lipinski definition) is 2. The molecule has 4 nitrogen and oxygen atoms in total. The number of halogens is 1. The van der Waals surface area contributed by atoms with E-state index < -0.39 is 5.83 Å². The van der Waals surface area contributed by atoms with Gasteiger partial charge in [-0.2, -0.15) is 5.10 Å². The first-order valence-electron chi connectivity index (χ1n) is 9.97. The molecule has 1 saturated carbocycles. The van der Waals surface area contributed by atoms with Gasteiger partial charge in [0, 0.05) is 29.3 Å².